The first-order chi connectivity index (χ1) is 12.1. The Kier molecular flexibility index (Phi) is 6.78. The van der Waals surface area contributed by atoms with Gasteiger partial charge in [-0.15, -0.1) is 0 Å². The van der Waals surface area contributed by atoms with Gasteiger partial charge in [-0.05, 0) is 44.2 Å². The Balaban J connectivity index is 1.86. The first-order valence-corrected chi connectivity index (χ1v) is 8.11. The van der Waals surface area contributed by atoms with Gasteiger partial charge in [-0.2, -0.15) is 5.26 Å². The van der Waals surface area contributed by atoms with Crippen LogP contribution in [0, 0.1) is 17.2 Å². The number of nitriles is 1. The Hall–Kier alpha value is -3.07. The molecular formula is C19H21N3O3. The number of hydrogen-bond donors (Lipinski definition) is 0. The zero-order valence-corrected chi connectivity index (χ0v) is 14.4. The zero-order valence-electron chi connectivity index (χ0n) is 14.4. The third kappa shape index (κ3) is 5.81. The molecule has 0 saturated carbocycles. The van der Waals surface area contributed by atoms with Crippen LogP contribution in [-0.4, -0.2) is 35.5 Å². The van der Waals surface area contributed by atoms with Gasteiger partial charge in [-0.1, -0.05) is 6.07 Å². The van der Waals surface area contributed by atoms with Crippen LogP contribution in [0.25, 0.3) is 0 Å². The number of benzene rings is 1. The van der Waals surface area contributed by atoms with Crippen molar-refractivity contribution in [2.75, 3.05) is 19.7 Å². The molecule has 0 fully saturated rings. The molecule has 0 aliphatic carbocycles. The van der Waals surface area contributed by atoms with Crippen molar-refractivity contribution in [1.29, 1.82) is 5.26 Å². The Morgan fingerprint density at radius 1 is 1.24 bits per heavy atom. The predicted octanol–water partition coefficient (Wildman–Crippen LogP) is 3.26. The fraction of sp³-hybridized carbons (Fsp3) is 0.316. The lowest BCUT2D eigenvalue weighted by Gasteiger charge is -2.22. The van der Waals surface area contributed by atoms with E-state index in [1.165, 1.54) is 0 Å². The highest BCUT2D eigenvalue weighted by Crippen LogP contribution is 2.22. The van der Waals surface area contributed by atoms with Gasteiger partial charge in [0.2, 0.25) is 5.88 Å². The van der Waals surface area contributed by atoms with Gasteiger partial charge in [0.1, 0.15) is 11.5 Å². The number of aromatic nitrogens is 1. The molecule has 0 bridgehead atoms. The molecule has 0 aliphatic heterocycles. The Bertz CT molecular complexity index is 711. The number of ether oxygens (including phenoxy) is 2. The quantitative estimate of drug-likeness (QED) is 0.738. The van der Waals surface area contributed by atoms with Crippen molar-refractivity contribution in [3.63, 3.8) is 0 Å². The minimum Gasteiger partial charge on any atom is -0.484 e. The largest absolute Gasteiger partial charge is 0.484 e. The third-order valence-corrected chi connectivity index (χ3v) is 3.50. The van der Waals surface area contributed by atoms with E-state index in [0.717, 1.165) is 0 Å². The van der Waals surface area contributed by atoms with Crippen LogP contribution in [0.3, 0.4) is 0 Å². The standard InChI is InChI=1S/C19H21N3O3/c1-3-22(13-15(2)12-20)19(23)14-24-16-7-9-17(10-8-16)25-18-6-4-5-11-21-18/h4-11,15H,3,13-14H2,1-2H3/t15-/m1/s1. The van der Waals surface area contributed by atoms with Crippen LogP contribution < -0.4 is 9.47 Å². The van der Waals surface area contributed by atoms with Gasteiger partial charge in [0, 0.05) is 25.4 Å². The molecule has 1 amide bonds. The zero-order chi connectivity index (χ0) is 18.1. The first-order valence-electron chi connectivity index (χ1n) is 8.11. The normalized spacial score (nSPS) is 11.2. The SMILES string of the molecule is CCN(C[C@H](C)C#N)C(=O)COc1ccc(Oc2ccccn2)cc1. The van der Waals surface area contributed by atoms with Crippen molar-refractivity contribution < 1.29 is 14.3 Å². The molecule has 1 aromatic carbocycles. The predicted molar refractivity (Wildman–Crippen MR) is 93.3 cm³/mol. The first kappa shape index (κ1) is 18.3. The highest BCUT2D eigenvalue weighted by atomic mass is 16.5. The van der Waals surface area contributed by atoms with E-state index < -0.39 is 0 Å². The van der Waals surface area contributed by atoms with Gasteiger partial charge < -0.3 is 14.4 Å². The number of nitrogens with zero attached hydrogens (tertiary/aromatic N) is 3. The molecule has 2 aromatic rings. The summed E-state index contributed by atoms with van der Waals surface area (Å²) in [6.07, 6.45) is 1.66. The van der Waals surface area contributed by atoms with Crippen molar-refractivity contribution in [3.8, 4) is 23.4 Å². The Labute approximate surface area is 147 Å². The summed E-state index contributed by atoms with van der Waals surface area (Å²) in [5, 5.41) is 8.87. The average molecular weight is 339 g/mol. The molecule has 2 rings (SSSR count). The van der Waals surface area contributed by atoms with Crippen LogP contribution in [0.2, 0.25) is 0 Å². The number of amides is 1. The summed E-state index contributed by atoms with van der Waals surface area (Å²) in [6, 6.07) is 14.5. The van der Waals surface area contributed by atoms with Crippen LogP contribution in [0.4, 0.5) is 0 Å². The maximum Gasteiger partial charge on any atom is 0.260 e. The van der Waals surface area contributed by atoms with E-state index in [9.17, 15) is 4.79 Å². The van der Waals surface area contributed by atoms with Crippen LogP contribution in [-0.2, 0) is 4.79 Å². The molecular weight excluding hydrogens is 318 g/mol. The smallest absolute Gasteiger partial charge is 0.260 e. The maximum atomic E-state index is 12.2. The topological polar surface area (TPSA) is 75.5 Å². The van der Waals surface area contributed by atoms with Crippen LogP contribution in [0.1, 0.15) is 13.8 Å². The minimum atomic E-state index is -0.202. The van der Waals surface area contributed by atoms with E-state index in [4.69, 9.17) is 14.7 Å². The molecule has 6 heteroatoms. The van der Waals surface area contributed by atoms with Crippen molar-refractivity contribution >= 4 is 5.91 Å². The summed E-state index contributed by atoms with van der Waals surface area (Å²) < 4.78 is 11.1. The van der Waals surface area contributed by atoms with E-state index in [1.807, 2.05) is 19.1 Å². The number of carbonyl (C=O) groups excluding carboxylic acids is 1. The van der Waals surface area contributed by atoms with Crippen molar-refractivity contribution in [1.82, 2.24) is 9.88 Å². The summed E-state index contributed by atoms with van der Waals surface area (Å²) in [6.45, 7) is 4.56. The second-order valence-electron chi connectivity index (χ2n) is 5.49. The molecule has 6 nitrogen and oxygen atoms in total. The van der Waals surface area contributed by atoms with E-state index in [-0.39, 0.29) is 18.4 Å². The Morgan fingerprint density at radius 2 is 1.96 bits per heavy atom. The third-order valence-electron chi connectivity index (χ3n) is 3.50. The molecule has 0 radical (unpaired) electrons. The lowest BCUT2D eigenvalue weighted by atomic mass is 10.2. The fourth-order valence-electron chi connectivity index (χ4n) is 2.15. The highest BCUT2D eigenvalue weighted by Gasteiger charge is 2.15. The average Bonchev–Trinajstić information content (AvgIpc) is 2.65. The number of carbonyl (C=O) groups is 1. The summed E-state index contributed by atoms with van der Waals surface area (Å²) >= 11 is 0. The van der Waals surface area contributed by atoms with E-state index in [1.54, 1.807) is 48.4 Å². The van der Waals surface area contributed by atoms with Crippen LogP contribution >= 0.6 is 0 Å². The summed E-state index contributed by atoms with van der Waals surface area (Å²) in [4.78, 5) is 17.9. The molecule has 1 atom stereocenters. The van der Waals surface area contributed by atoms with Crippen molar-refractivity contribution in [2.45, 2.75) is 13.8 Å². The van der Waals surface area contributed by atoms with Crippen LogP contribution in [0.5, 0.6) is 17.4 Å². The van der Waals surface area contributed by atoms with Crippen molar-refractivity contribution in [3.05, 3.63) is 48.7 Å². The summed E-state index contributed by atoms with van der Waals surface area (Å²) in [5.74, 6) is 1.38. The highest BCUT2D eigenvalue weighted by molar-refractivity contribution is 5.77. The molecule has 130 valence electrons. The van der Waals surface area contributed by atoms with Gasteiger partial charge in [0.25, 0.3) is 5.91 Å². The van der Waals surface area contributed by atoms with Gasteiger partial charge in [-0.3, -0.25) is 4.79 Å². The van der Waals surface area contributed by atoms with Gasteiger partial charge in [0.05, 0.1) is 12.0 Å². The van der Waals surface area contributed by atoms with Crippen LogP contribution in [0.15, 0.2) is 48.7 Å². The summed E-state index contributed by atoms with van der Waals surface area (Å²) in [5.41, 5.74) is 0. The molecule has 25 heavy (non-hydrogen) atoms. The minimum absolute atomic E-state index is 0.0631. The lowest BCUT2D eigenvalue weighted by molar-refractivity contribution is -0.133. The van der Waals surface area contributed by atoms with E-state index in [0.29, 0.717) is 30.5 Å². The molecule has 1 aromatic heterocycles. The molecule has 1 heterocycles. The maximum absolute atomic E-state index is 12.2. The molecule has 0 spiro atoms. The number of likely N-dealkylation sites (N-methyl/N-ethyl adjacent to an activating group) is 1. The lowest BCUT2D eigenvalue weighted by Crippen LogP contribution is -2.37. The number of hydrogen-bond acceptors (Lipinski definition) is 5. The van der Waals surface area contributed by atoms with E-state index in [2.05, 4.69) is 11.1 Å². The van der Waals surface area contributed by atoms with Crippen molar-refractivity contribution in [2.24, 2.45) is 5.92 Å². The number of rotatable bonds is 8. The Morgan fingerprint density at radius 3 is 2.56 bits per heavy atom. The summed E-state index contributed by atoms with van der Waals surface area (Å²) in [7, 11) is 0. The molecule has 0 saturated heterocycles. The second kappa shape index (κ2) is 9.28. The molecule has 0 unspecified atom stereocenters. The second-order valence-corrected chi connectivity index (χ2v) is 5.49. The fourth-order valence-corrected chi connectivity index (χ4v) is 2.15. The monoisotopic (exact) mass is 339 g/mol. The number of pyridine rings is 1. The van der Waals surface area contributed by atoms with Gasteiger partial charge in [0.15, 0.2) is 6.61 Å². The van der Waals surface area contributed by atoms with E-state index >= 15 is 0 Å². The molecule has 0 aliphatic rings. The van der Waals surface area contributed by atoms with Gasteiger partial charge in [-0.25, -0.2) is 4.98 Å². The van der Waals surface area contributed by atoms with Gasteiger partial charge >= 0.3 is 0 Å². The molecule has 0 N–H and O–H groups in total.